The van der Waals surface area contributed by atoms with E-state index in [1.54, 1.807) is 18.2 Å². The summed E-state index contributed by atoms with van der Waals surface area (Å²) in [5.41, 5.74) is 3.15. The first-order valence-electron chi connectivity index (χ1n) is 8.16. The van der Waals surface area contributed by atoms with Gasteiger partial charge in [-0.15, -0.1) is 0 Å². The van der Waals surface area contributed by atoms with Crippen LogP contribution in [0.15, 0.2) is 42.5 Å². The number of urea groups is 1. The minimum absolute atomic E-state index is 0.217. The fourth-order valence-electron chi connectivity index (χ4n) is 2.34. The van der Waals surface area contributed by atoms with Gasteiger partial charge in [-0.3, -0.25) is 4.79 Å². The molecule has 0 saturated heterocycles. The zero-order chi connectivity index (χ0) is 19.1. The summed E-state index contributed by atoms with van der Waals surface area (Å²) >= 11 is 0. The first-order valence-corrected chi connectivity index (χ1v) is 8.16. The van der Waals surface area contributed by atoms with Crippen molar-refractivity contribution >= 4 is 29.0 Å². The molecule has 0 atom stereocenters. The highest BCUT2D eigenvalue weighted by atomic mass is 16.5. The van der Waals surface area contributed by atoms with Crippen molar-refractivity contribution in [3.63, 3.8) is 0 Å². The summed E-state index contributed by atoms with van der Waals surface area (Å²) in [6, 6.07) is 12.6. The van der Waals surface area contributed by atoms with E-state index in [0.717, 1.165) is 11.3 Å². The van der Waals surface area contributed by atoms with E-state index in [1.807, 2.05) is 43.3 Å². The van der Waals surface area contributed by atoms with Gasteiger partial charge in [-0.05, 0) is 35.9 Å². The molecule has 0 heterocycles. The van der Waals surface area contributed by atoms with Crippen LogP contribution in [0.4, 0.5) is 21.9 Å². The molecule has 0 radical (unpaired) electrons. The summed E-state index contributed by atoms with van der Waals surface area (Å²) in [6.07, 6.45) is 0. The predicted molar refractivity (Wildman–Crippen MR) is 104 cm³/mol. The average Bonchev–Trinajstić information content (AvgIpc) is 2.60. The third-order valence-electron chi connectivity index (χ3n) is 3.67. The molecule has 2 rings (SSSR count). The van der Waals surface area contributed by atoms with Crippen molar-refractivity contribution in [3.8, 4) is 5.75 Å². The number of benzene rings is 2. The number of nitrogens with zero attached hydrogens (tertiary/aromatic N) is 1. The Bertz CT molecular complexity index is 773. The van der Waals surface area contributed by atoms with E-state index in [0.29, 0.717) is 23.7 Å². The molecule has 7 heteroatoms. The summed E-state index contributed by atoms with van der Waals surface area (Å²) in [5.74, 6) is 0.304. The lowest BCUT2D eigenvalue weighted by atomic mass is 10.2. The van der Waals surface area contributed by atoms with Crippen molar-refractivity contribution < 1.29 is 14.3 Å². The number of rotatable bonds is 6. The van der Waals surface area contributed by atoms with Crippen molar-refractivity contribution in [2.24, 2.45) is 0 Å². The minimum atomic E-state index is -0.333. The minimum Gasteiger partial charge on any atom is -0.495 e. The molecule has 7 nitrogen and oxygen atoms in total. The van der Waals surface area contributed by atoms with Crippen LogP contribution in [0.1, 0.15) is 12.5 Å². The van der Waals surface area contributed by atoms with Gasteiger partial charge in [0.15, 0.2) is 0 Å². The monoisotopic (exact) mass is 356 g/mol. The summed E-state index contributed by atoms with van der Waals surface area (Å²) in [6.45, 7) is 1.82. The van der Waals surface area contributed by atoms with Crippen LogP contribution >= 0.6 is 0 Å². The van der Waals surface area contributed by atoms with Crippen LogP contribution < -0.4 is 25.6 Å². The molecule has 0 saturated carbocycles. The molecular weight excluding hydrogens is 332 g/mol. The Labute approximate surface area is 153 Å². The van der Waals surface area contributed by atoms with Crippen molar-refractivity contribution in [3.05, 3.63) is 48.0 Å². The summed E-state index contributed by atoms with van der Waals surface area (Å²) in [5, 5.41) is 8.21. The van der Waals surface area contributed by atoms with Gasteiger partial charge in [0.05, 0.1) is 12.8 Å². The molecule has 2 aromatic rings. The van der Waals surface area contributed by atoms with E-state index in [9.17, 15) is 9.59 Å². The molecule has 0 aliphatic heterocycles. The lowest BCUT2D eigenvalue weighted by Gasteiger charge is -2.14. The van der Waals surface area contributed by atoms with Crippen LogP contribution in [0.5, 0.6) is 5.75 Å². The van der Waals surface area contributed by atoms with E-state index in [-0.39, 0.29) is 11.9 Å². The molecular formula is C19H24N4O3. The quantitative estimate of drug-likeness (QED) is 0.743. The van der Waals surface area contributed by atoms with E-state index in [1.165, 1.54) is 14.0 Å². The standard InChI is InChI=1S/C19H24N4O3/c1-13(24)21-17-11-15(7-10-18(17)26-4)22-19(25)20-12-14-5-8-16(9-6-14)23(2)3/h5-11H,12H2,1-4H3,(H,21,24)(H2,20,22,25). The molecule has 0 unspecified atom stereocenters. The Hall–Kier alpha value is -3.22. The second-order valence-corrected chi connectivity index (χ2v) is 5.96. The maximum absolute atomic E-state index is 12.1. The molecule has 0 aliphatic carbocycles. The van der Waals surface area contributed by atoms with Crippen molar-refractivity contribution in [2.75, 3.05) is 36.7 Å². The molecule has 0 aliphatic rings. The highest BCUT2D eigenvalue weighted by Crippen LogP contribution is 2.27. The Morgan fingerprint density at radius 1 is 1.04 bits per heavy atom. The van der Waals surface area contributed by atoms with Crippen LogP contribution in [-0.2, 0) is 11.3 Å². The van der Waals surface area contributed by atoms with Gasteiger partial charge >= 0.3 is 6.03 Å². The Balaban J connectivity index is 1.95. The molecule has 138 valence electrons. The van der Waals surface area contributed by atoms with Crippen molar-refractivity contribution in [1.29, 1.82) is 0 Å². The number of carbonyl (C=O) groups excluding carboxylic acids is 2. The van der Waals surface area contributed by atoms with Crippen molar-refractivity contribution in [2.45, 2.75) is 13.5 Å². The second-order valence-electron chi connectivity index (χ2n) is 5.96. The normalized spacial score (nSPS) is 10.0. The van der Waals surface area contributed by atoms with E-state index >= 15 is 0 Å². The smallest absolute Gasteiger partial charge is 0.319 e. The zero-order valence-electron chi connectivity index (χ0n) is 15.4. The first-order chi connectivity index (χ1) is 12.4. The van der Waals surface area contributed by atoms with Gasteiger partial charge in [0.1, 0.15) is 5.75 Å². The Morgan fingerprint density at radius 3 is 2.31 bits per heavy atom. The van der Waals surface area contributed by atoms with Gasteiger partial charge in [0.25, 0.3) is 0 Å². The molecule has 26 heavy (non-hydrogen) atoms. The molecule has 3 amide bonds. The number of nitrogens with one attached hydrogen (secondary N) is 3. The molecule has 2 aromatic carbocycles. The van der Waals surface area contributed by atoms with Gasteiger partial charge < -0.3 is 25.6 Å². The number of amides is 3. The summed E-state index contributed by atoms with van der Waals surface area (Å²) in [4.78, 5) is 25.4. The SMILES string of the molecule is COc1ccc(NC(=O)NCc2ccc(N(C)C)cc2)cc1NC(C)=O. The lowest BCUT2D eigenvalue weighted by Crippen LogP contribution is -2.28. The second kappa shape index (κ2) is 8.75. The fourth-order valence-corrected chi connectivity index (χ4v) is 2.34. The number of anilines is 3. The van der Waals surface area contributed by atoms with E-state index in [2.05, 4.69) is 16.0 Å². The highest BCUT2D eigenvalue weighted by Gasteiger charge is 2.08. The lowest BCUT2D eigenvalue weighted by molar-refractivity contribution is -0.114. The largest absolute Gasteiger partial charge is 0.495 e. The maximum atomic E-state index is 12.1. The molecule has 0 aromatic heterocycles. The predicted octanol–water partition coefficient (Wildman–Crippen LogP) is 3.04. The van der Waals surface area contributed by atoms with E-state index in [4.69, 9.17) is 4.74 Å². The number of hydrogen-bond acceptors (Lipinski definition) is 4. The van der Waals surface area contributed by atoms with Crippen LogP contribution in [0.2, 0.25) is 0 Å². The van der Waals surface area contributed by atoms with Crippen LogP contribution in [0.3, 0.4) is 0 Å². The molecule has 0 bridgehead atoms. The van der Waals surface area contributed by atoms with Crippen molar-refractivity contribution in [1.82, 2.24) is 5.32 Å². The number of methoxy groups -OCH3 is 1. The van der Waals surface area contributed by atoms with E-state index < -0.39 is 0 Å². The Kier molecular flexibility index (Phi) is 6.43. The number of carbonyl (C=O) groups is 2. The maximum Gasteiger partial charge on any atom is 0.319 e. The van der Waals surface area contributed by atoms with Crippen LogP contribution in [0, 0.1) is 0 Å². The van der Waals surface area contributed by atoms with Crippen LogP contribution in [0.25, 0.3) is 0 Å². The van der Waals surface area contributed by atoms with Gasteiger partial charge in [0.2, 0.25) is 5.91 Å². The molecule has 0 spiro atoms. The average molecular weight is 356 g/mol. The topological polar surface area (TPSA) is 82.7 Å². The van der Waals surface area contributed by atoms with Gasteiger partial charge in [-0.2, -0.15) is 0 Å². The Morgan fingerprint density at radius 2 is 1.73 bits per heavy atom. The molecule has 0 fully saturated rings. The summed E-state index contributed by atoms with van der Waals surface area (Å²) < 4.78 is 5.19. The van der Waals surface area contributed by atoms with Gasteiger partial charge in [-0.1, -0.05) is 12.1 Å². The first kappa shape index (κ1) is 19.1. The molecule has 3 N–H and O–H groups in total. The third kappa shape index (κ3) is 5.41. The number of ether oxygens (including phenoxy) is 1. The zero-order valence-corrected chi connectivity index (χ0v) is 15.4. The van der Waals surface area contributed by atoms with Crippen LogP contribution in [-0.4, -0.2) is 33.1 Å². The van der Waals surface area contributed by atoms with Gasteiger partial charge in [0, 0.05) is 38.9 Å². The number of hydrogen-bond donors (Lipinski definition) is 3. The fraction of sp³-hybridized carbons (Fsp3) is 0.263. The van der Waals surface area contributed by atoms with Gasteiger partial charge in [-0.25, -0.2) is 4.79 Å². The highest BCUT2D eigenvalue weighted by molar-refractivity contribution is 5.94. The summed E-state index contributed by atoms with van der Waals surface area (Å²) in [7, 11) is 5.47. The third-order valence-corrected chi connectivity index (χ3v) is 3.67.